The van der Waals surface area contributed by atoms with Gasteiger partial charge < -0.3 is 9.64 Å². The molecule has 0 amide bonds. The predicted octanol–water partition coefficient (Wildman–Crippen LogP) is 3.78. The van der Waals surface area contributed by atoms with Gasteiger partial charge in [-0.3, -0.25) is 0 Å². The van der Waals surface area contributed by atoms with Crippen LogP contribution < -0.4 is 4.90 Å². The number of nitriles is 1. The molecule has 0 spiro atoms. The number of aromatic nitrogens is 1. The number of ether oxygens (including phenoxy) is 1. The van der Waals surface area contributed by atoms with Crippen molar-refractivity contribution >= 4 is 23.3 Å². The lowest BCUT2D eigenvalue weighted by atomic mass is 10.0. The van der Waals surface area contributed by atoms with E-state index < -0.39 is 5.97 Å². The van der Waals surface area contributed by atoms with Crippen molar-refractivity contribution in [3.8, 4) is 6.07 Å². The molecule has 1 aromatic heterocycles. The van der Waals surface area contributed by atoms with Crippen LogP contribution in [0.4, 0.5) is 5.69 Å². The second kappa shape index (κ2) is 7.54. The zero-order valence-electron chi connectivity index (χ0n) is 13.9. The van der Waals surface area contributed by atoms with Gasteiger partial charge in [-0.2, -0.15) is 5.26 Å². The summed E-state index contributed by atoms with van der Waals surface area (Å²) in [5, 5.41) is 9.45. The third-order valence-corrected chi connectivity index (χ3v) is 4.68. The molecule has 1 atom stereocenters. The number of nitrogens with zero attached hydrogens (tertiary/aromatic N) is 3. The van der Waals surface area contributed by atoms with Crippen LogP contribution >= 0.6 is 11.6 Å². The average molecular weight is 356 g/mol. The topological polar surface area (TPSA) is 66.2 Å². The van der Waals surface area contributed by atoms with Crippen molar-refractivity contribution in [3.63, 3.8) is 0 Å². The molecule has 6 heteroatoms. The molecule has 0 radical (unpaired) electrons. The monoisotopic (exact) mass is 355 g/mol. The largest absolute Gasteiger partial charge is 0.461 e. The van der Waals surface area contributed by atoms with E-state index >= 15 is 0 Å². The number of carbonyl (C=O) groups is 1. The van der Waals surface area contributed by atoms with Crippen LogP contribution in [0.5, 0.6) is 0 Å². The number of rotatable bonds is 4. The highest BCUT2D eigenvalue weighted by molar-refractivity contribution is 6.32. The quantitative estimate of drug-likeness (QED) is 0.781. The number of benzene rings is 1. The summed E-state index contributed by atoms with van der Waals surface area (Å²) in [6.45, 7) is 3.87. The molecule has 0 bridgehead atoms. The van der Waals surface area contributed by atoms with Crippen LogP contribution in [0.2, 0.25) is 5.02 Å². The molecule has 0 aliphatic carbocycles. The number of carbonyl (C=O) groups excluding carboxylic acids is 1. The summed E-state index contributed by atoms with van der Waals surface area (Å²) in [7, 11) is 0. The lowest BCUT2D eigenvalue weighted by Gasteiger charge is -2.19. The van der Waals surface area contributed by atoms with Crippen molar-refractivity contribution in [2.75, 3.05) is 24.6 Å². The van der Waals surface area contributed by atoms with Gasteiger partial charge >= 0.3 is 5.97 Å². The van der Waals surface area contributed by atoms with Crippen molar-refractivity contribution in [2.45, 2.75) is 19.3 Å². The number of anilines is 1. The normalized spacial score (nSPS) is 16.5. The van der Waals surface area contributed by atoms with Crippen LogP contribution in [0.15, 0.2) is 36.5 Å². The number of halogens is 1. The average Bonchev–Trinajstić information content (AvgIpc) is 3.12. The first-order chi connectivity index (χ1) is 12.1. The van der Waals surface area contributed by atoms with Gasteiger partial charge in [-0.1, -0.05) is 17.7 Å². The van der Waals surface area contributed by atoms with Gasteiger partial charge in [-0.05, 0) is 43.2 Å². The van der Waals surface area contributed by atoms with Crippen molar-refractivity contribution in [3.05, 3.63) is 58.4 Å². The Morgan fingerprint density at radius 1 is 1.44 bits per heavy atom. The van der Waals surface area contributed by atoms with Gasteiger partial charge in [0, 0.05) is 30.9 Å². The summed E-state index contributed by atoms with van der Waals surface area (Å²) in [4.78, 5) is 18.1. The van der Waals surface area contributed by atoms with E-state index in [1.165, 1.54) is 0 Å². The van der Waals surface area contributed by atoms with Crippen molar-refractivity contribution in [1.82, 2.24) is 4.98 Å². The fraction of sp³-hybridized carbons (Fsp3) is 0.316. The molecule has 1 saturated heterocycles. The van der Waals surface area contributed by atoms with E-state index in [4.69, 9.17) is 21.6 Å². The first-order valence-corrected chi connectivity index (χ1v) is 8.58. The molecule has 25 heavy (non-hydrogen) atoms. The van der Waals surface area contributed by atoms with E-state index in [0.717, 1.165) is 30.8 Å². The predicted molar refractivity (Wildman–Crippen MR) is 95.9 cm³/mol. The van der Waals surface area contributed by atoms with Gasteiger partial charge in [0.25, 0.3) is 0 Å². The fourth-order valence-corrected chi connectivity index (χ4v) is 3.25. The molecule has 1 unspecified atom stereocenters. The van der Waals surface area contributed by atoms with Crippen molar-refractivity contribution in [1.29, 1.82) is 5.26 Å². The Balaban J connectivity index is 1.69. The maximum absolute atomic E-state index is 11.7. The highest BCUT2D eigenvalue weighted by Gasteiger charge is 2.25. The molecule has 0 saturated carbocycles. The minimum atomic E-state index is -0.394. The van der Waals surface area contributed by atoms with Gasteiger partial charge in [0.05, 0.1) is 17.2 Å². The minimum absolute atomic E-state index is 0.333. The fourth-order valence-electron chi connectivity index (χ4n) is 3.03. The Morgan fingerprint density at radius 3 is 2.92 bits per heavy atom. The SMILES string of the molecule is CCOC(=O)c1ccc(C2CCN(c3ccc(C#N)c(Cl)c3)C2)cn1. The van der Waals surface area contributed by atoms with Gasteiger partial charge in [-0.25, -0.2) is 9.78 Å². The van der Waals surface area contributed by atoms with E-state index in [2.05, 4.69) is 16.0 Å². The lowest BCUT2D eigenvalue weighted by molar-refractivity contribution is 0.0519. The van der Waals surface area contributed by atoms with Gasteiger partial charge in [-0.15, -0.1) is 0 Å². The van der Waals surface area contributed by atoms with E-state index in [1.54, 1.807) is 25.3 Å². The smallest absolute Gasteiger partial charge is 0.356 e. The molecule has 5 nitrogen and oxygen atoms in total. The van der Waals surface area contributed by atoms with Crippen molar-refractivity contribution in [2.24, 2.45) is 0 Å². The zero-order chi connectivity index (χ0) is 17.8. The van der Waals surface area contributed by atoms with E-state index in [9.17, 15) is 4.79 Å². The zero-order valence-corrected chi connectivity index (χ0v) is 14.7. The van der Waals surface area contributed by atoms with E-state index in [-0.39, 0.29) is 0 Å². The van der Waals surface area contributed by atoms with Crippen LogP contribution in [0.3, 0.4) is 0 Å². The summed E-state index contributed by atoms with van der Waals surface area (Å²) in [6, 6.07) is 11.2. The van der Waals surface area contributed by atoms with Crippen LogP contribution in [0.25, 0.3) is 0 Å². The Labute approximate surface area is 151 Å². The van der Waals surface area contributed by atoms with Gasteiger partial charge in [0.15, 0.2) is 0 Å². The Hall–Kier alpha value is -2.58. The Kier molecular flexibility index (Phi) is 5.20. The molecule has 1 aromatic carbocycles. The first kappa shape index (κ1) is 17.2. The van der Waals surface area contributed by atoms with Crippen LogP contribution in [0, 0.1) is 11.3 Å². The van der Waals surface area contributed by atoms with Crippen LogP contribution in [-0.2, 0) is 4.74 Å². The summed E-state index contributed by atoms with van der Waals surface area (Å²) in [6.07, 6.45) is 2.75. The minimum Gasteiger partial charge on any atom is -0.461 e. The molecule has 128 valence electrons. The third-order valence-electron chi connectivity index (χ3n) is 4.37. The third kappa shape index (κ3) is 3.75. The van der Waals surface area contributed by atoms with E-state index in [0.29, 0.717) is 28.8 Å². The first-order valence-electron chi connectivity index (χ1n) is 8.20. The molecule has 0 N–H and O–H groups in total. The van der Waals surface area contributed by atoms with Crippen LogP contribution in [0.1, 0.15) is 40.9 Å². The maximum Gasteiger partial charge on any atom is 0.356 e. The van der Waals surface area contributed by atoms with Crippen molar-refractivity contribution < 1.29 is 9.53 Å². The Bertz CT molecular complexity index is 814. The molecular formula is C19H18ClN3O2. The molecule has 1 aliphatic rings. The standard InChI is InChI=1S/C19H18ClN3O2/c1-2-25-19(24)18-6-4-14(11-22-18)15-7-8-23(12-15)16-5-3-13(10-21)17(20)9-16/h3-6,9,11,15H,2,7-8,12H2,1H3. The summed E-state index contributed by atoms with van der Waals surface area (Å²) in [5.74, 6) is -0.0486. The number of hydrogen-bond acceptors (Lipinski definition) is 5. The van der Waals surface area contributed by atoms with Gasteiger partial charge in [0.2, 0.25) is 0 Å². The summed E-state index contributed by atoms with van der Waals surface area (Å²) >= 11 is 6.13. The molecular weight excluding hydrogens is 338 g/mol. The second-order valence-electron chi connectivity index (χ2n) is 5.90. The molecule has 3 rings (SSSR count). The maximum atomic E-state index is 11.7. The Morgan fingerprint density at radius 2 is 2.28 bits per heavy atom. The van der Waals surface area contributed by atoms with E-state index in [1.807, 2.05) is 18.2 Å². The number of hydrogen-bond donors (Lipinski definition) is 0. The highest BCUT2D eigenvalue weighted by atomic mass is 35.5. The summed E-state index contributed by atoms with van der Waals surface area (Å²) in [5.41, 5.74) is 2.94. The van der Waals surface area contributed by atoms with Gasteiger partial charge in [0.1, 0.15) is 11.8 Å². The molecule has 2 heterocycles. The number of pyridine rings is 1. The molecule has 1 fully saturated rings. The molecule has 1 aliphatic heterocycles. The number of esters is 1. The summed E-state index contributed by atoms with van der Waals surface area (Å²) < 4.78 is 4.95. The molecule has 2 aromatic rings. The lowest BCUT2D eigenvalue weighted by Crippen LogP contribution is -2.19. The van der Waals surface area contributed by atoms with Crippen LogP contribution in [-0.4, -0.2) is 30.6 Å². The highest BCUT2D eigenvalue weighted by Crippen LogP contribution is 2.32. The second-order valence-corrected chi connectivity index (χ2v) is 6.31.